The number of ether oxygens (including phenoxy) is 2. The van der Waals surface area contributed by atoms with E-state index in [4.69, 9.17) is 9.47 Å². The molecule has 1 heterocycles. The molecule has 134 valence electrons. The van der Waals surface area contributed by atoms with Crippen LogP contribution >= 0.6 is 0 Å². The highest BCUT2D eigenvalue weighted by Crippen LogP contribution is 2.31. The summed E-state index contributed by atoms with van der Waals surface area (Å²) in [6.07, 6.45) is 1.19. The molecule has 25 heavy (non-hydrogen) atoms. The van der Waals surface area contributed by atoms with Crippen LogP contribution in [0.5, 0.6) is 17.2 Å². The van der Waals surface area contributed by atoms with E-state index in [1.54, 1.807) is 19.2 Å². The van der Waals surface area contributed by atoms with Gasteiger partial charge < -0.3 is 19.5 Å². The molecule has 1 saturated heterocycles. The quantitative estimate of drug-likeness (QED) is 0.856. The molecule has 4 nitrogen and oxygen atoms in total. The maximum Gasteiger partial charge on any atom is 0.123 e. The highest BCUT2D eigenvalue weighted by Gasteiger charge is 2.24. The molecule has 2 aromatic carbocycles. The average molecular weight is 341 g/mol. The van der Waals surface area contributed by atoms with Crippen molar-refractivity contribution in [2.45, 2.75) is 26.3 Å². The molecule has 4 heteroatoms. The Hall–Kier alpha value is -2.20. The average Bonchev–Trinajstić information content (AvgIpc) is 3.09. The Morgan fingerprint density at radius 2 is 1.80 bits per heavy atom. The van der Waals surface area contributed by atoms with Gasteiger partial charge in [-0.3, -0.25) is 0 Å². The first-order valence-corrected chi connectivity index (χ1v) is 8.90. The number of nitrogens with zero attached hydrogens (tertiary/aromatic N) is 1. The molecule has 0 bridgehead atoms. The summed E-state index contributed by atoms with van der Waals surface area (Å²) >= 11 is 0. The van der Waals surface area contributed by atoms with Crippen LogP contribution in [0.25, 0.3) is 11.1 Å². The van der Waals surface area contributed by atoms with E-state index in [1.165, 1.54) is 6.42 Å². The summed E-state index contributed by atoms with van der Waals surface area (Å²) in [6, 6.07) is 13.7. The van der Waals surface area contributed by atoms with Crippen molar-refractivity contribution in [1.82, 2.24) is 4.90 Å². The van der Waals surface area contributed by atoms with Crippen LogP contribution in [-0.4, -0.2) is 42.9 Å². The molecule has 2 aromatic rings. The van der Waals surface area contributed by atoms with Gasteiger partial charge in [-0.2, -0.15) is 0 Å². The second-order valence-electron chi connectivity index (χ2n) is 7.00. The summed E-state index contributed by atoms with van der Waals surface area (Å²) in [5.74, 6) is 2.44. The number of hydrogen-bond donors (Lipinski definition) is 1. The lowest BCUT2D eigenvalue weighted by Crippen LogP contribution is -2.29. The second-order valence-corrected chi connectivity index (χ2v) is 7.00. The molecule has 1 N–H and O–H groups in total. The summed E-state index contributed by atoms with van der Waals surface area (Å²) in [5, 5.41) is 9.47. The van der Waals surface area contributed by atoms with Crippen LogP contribution < -0.4 is 9.47 Å². The number of methoxy groups -OCH3 is 1. The van der Waals surface area contributed by atoms with Gasteiger partial charge >= 0.3 is 0 Å². The summed E-state index contributed by atoms with van der Waals surface area (Å²) in [7, 11) is 1.66. The van der Waals surface area contributed by atoms with Gasteiger partial charge in [0, 0.05) is 24.6 Å². The fourth-order valence-corrected chi connectivity index (χ4v) is 3.28. The summed E-state index contributed by atoms with van der Waals surface area (Å²) in [6.45, 7) is 7.48. The van der Waals surface area contributed by atoms with Gasteiger partial charge in [-0.15, -0.1) is 0 Å². The van der Waals surface area contributed by atoms with Gasteiger partial charge in [-0.25, -0.2) is 0 Å². The molecule has 3 rings (SSSR count). The number of hydrogen-bond acceptors (Lipinski definition) is 4. The zero-order chi connectivity index (χ0) is 17.8. The molecule has 0 radical (unpaired) electrons. The Labute approximate surface area is 150 Å². The third-order valence-corrected chi connectivity index (χ3v) is 4.85. The summed E-state index contributed by atoms with van der Waals surface area (Å²) in [5.41, 5.74) is 2.04. The van der Waals surface area contributed by atoms with Gasteiger partial charge in [0.15, 0.2) is 0 Å². The molecule has 1 unspecified atom stereocenters. The number of benzene rings is 2. The number of likely N-dealkylation sites (tertiary alicyclic amines) is 1. The minimum atomic E-state index is 0.263. The highest BCUT2D eigenvalue weighted by molar-refractivity contribution is 5.67. The molecule has 0 saturated carbocycles. The maximum atomic E-state index is 9.47. The molecule has 1 aliphatic heterocycles. The zero-order valence-electron chi connectivity index (χ0n) is 15.2. The zero-order valence-corrected chi connectivity index (χ0v) is 15.2. The minimum Gasteiger partial charge on any atom is -0.508 e. The monoisotopic (exact) mass is 341 g/mol. The van der Waals surface area contributed by atoms with Crippen LogP contribution in [0.1, 0.15) is 20.3 Å². The largest absolute Gasteiger partial charge is 0.508 e. The number of phenolic OH excluding ortho intramolecular Hbond substituents is 1. The van der Waals surface area contributed by atoms with Crippen LogP contribution in [0.2, 0.25) is 0 Å². The van der Waals surface area contributed by atoms with E-state index in [1.807, 2.05) is 30.3 Å². The molecule has 1 fully saturated rings. The lowest BCUT2D eigenvalue weighted by Gasteiger charge is -2.20. The predicted molar refractivity (Wildman–Crippen MR) is 100 cm³/mol. The molecule has 1 atom stereocenters. The van der Waals surface area contributed by atoms with Crippen molar-refractivity contribution in [2.75, 3.05) is 26.8 Å². The van der Waals surface area contributed by atoms with E-state index in [0.717, 1.165) is 42.3 Å². The van der Waals surface area contributed by atoms with Gasteiger partial charge in [-0.05, 0) is 62.2 Å². The number of rotatable bonds is 6. The predicted octanol–water partition coefficient (Wildman–Crippen LogP) is 4.18. The molecular weight excluding hydrogens is 314 g/mol. The third kappa shape index (κ3) is 4.45. The molecule has 0 aliphatic carbocycles. The van der Waals surface area contributed by atoms with Gasteiger partial charge in [-0.1, -0.05) is 12.1 Å². The van der Waals surface area contributed by atoms with E-state index >= 15 is 0 Å². The topological polar surface area (TPSA) is 41.9 Å². The van der Waals surface area contributed by atoms with Crippen LogP contribution in [0.3, 0.4) is 0 Å². The van der Waals surface area contributed by atoms with Crippen molar-refractivity contribution in [1.29, 1.82) is 0 Å². The Morgan fingerprint density at radius 1 is 1.08 bits per heavy atom. The first-order chi connectivity index (χ1) is 12.0. The van der Waals surface area contributed by atoms with E-state index in [9.17, 15) is 5.11 Å². The van der Waals surface area contributed by atoms with Gasteiger partial charge in [0.1, 0.15) is 17.2 Å². The first-order valence-electron chi connectivity index (χ1n) is 8.90. The van der Waals surface area contributed by atoms with Crippen LogP contribution in [0, 0.1) is 5.92 Å². The van der Waals surface area contributed by atoms with E-state index in [0.29, 0.717) is 12.0 Å². The normalized spacial score (nSPS) is 17.8. The van der Waals surface area contributed by atoms with Crippen molar-refractivity contribution in [3.63, 3.8) is 0 Å². The summed E-state index contributed by atoms with van der Waals surface area (Å²) < 4.78 is 11.5. The highest BCUT2D eigenvalue weighted by atomic mass is 16.5. The molecule has 0 spiro atoms. The fraction of sp³-hybridized carbons (Fsp3) is 0.429. The minimum absolute atomic E-state index is 0.263. The van der Waals surface area contributed by atoms with Gasteiger partial charge in [0.05, 0.1) is 13.7 Å². The Bertz CT molecular complexity index is 697. The van der Waals surface area contributed by atoms with E-state index in [-0.39, 0.29) is 5.75 Å². The Kier molecular flexibility index (Phi) is 5.49. The van der Waals surface area contributed by atoms with Gasteiger partial charge in [0.25, 0.3) is 0 Å². The second kappa shape index (κ2) is 7.79. The lowest BCUT2D eigenvalue weighted by molar-refractivity contribution is 0.223. The van der Waals surface area contributed by atoms with Crippen molar-refractivity contribution in [2.24, 2.45) is 5.92 Å². The lowest BCUT2D eigenvalue weighted by atomic mass is 10.0. The van der Waals surface area contributed by atoms with Crippen LogP contribution in [0.15, 0.2) is 42.5 Å². The van der Waals surface area contributed by atoms with Crippen LogP contribution in [-0.2, 0) is 0 Å². The van der Waals surface area contributed by atoms with Crippen LogP contribution in [0.4, 0.5) is 0 Å². The van der Waals surface area contributed by atoms with Crippen molar-refractivity contribution in [3.8, 4) is 28.4 Å². The third-order valence-electron chi connectivity index (χ3n) is 4.85. The van der Waals surface area contributed by atoms with Crippen molar-refractivity contribution < 1.29 is 14.6 Å². The smallest absolute Gasteiger partial charge is 0.123 e. The van der Waals surface area contributed by atoms with E-state index in [2.05, 4.69) is 18.7 Å². The van der Waals surface area contributed by atoms with E-state index < -0.39 is 0 Å². The fourth-order valence-electron chi connectivity index (χ4n) is 3.28. The SMILES string of the molecule is COc1cc(OCC2CCN(C(C)C)C2)cc(-c2ccc(O)cc2)c1. The summed E-state index contributed by atoms with van der Waals surface area (Å²) in [4.78, 5) is 2.50. The van der Waals surface area contributed by atoms with Crippen molar-refractivity contribution in [3.05, 3.63) is 42.5 Å². The Balaban J connectivity index is 1.71. The Morgan fingerprint density at radius 3 is 2.44 bits per heavy atom. The van der Waals surface area contributed by atoms with Crippen molar-refractivity contribution >= 4 is 0 Å². The number of phenols is 1. The molecule has 0 amide bonds. The molecular formula is C21H27NO3. The molecule has 1 aliphatic rings. The van der Waals surface area contributed by atoms with Gasteiger partial charge in [0.2, 0.25) is 0 Å². The standard InChI is InChI=1S/C21H27NO3/c1-15(2)22-9-8-16(13-22)14-25-21-11-18(10-20(12-21)24-3)17-4-6-19(23)7-5-17/h4-7,10-12,15-16,23H,8-9,13-14H2,1-3H3. The number of aromatic hydroxyl groups is 1. The molecule has 0 aromatic heterocycles. The first kappa shape index (κ1) is 17.6. The maximum absolute atomic E-state index is 9.47.